The molecule has 0 bridgehead atoms. The van der Waals surface area contributed by atoms with E-state index in [1.54, 1.807) is 12.1 Å². The van der Waals surface area contributed by atoms with Crippen molar-refractivity contribution in [2.24, 2.45) is 5.73 Å². The fourth-order valence-corrected chi connectivity index (χ4v) is 1.57. The maximum Gasteiger partial charge on any atom is 0.256 e. The molecule has 1 aromatic carbocycles. The number of H-pyrrole nitrogens is 1. The van der Waals surface area contributed by atoms with E-state index < -0.39 is 0 Å². The van der Waals surface area contributed by atoms with Crippen molar-refractivity contribution >= 4 is 22.4 Å². The highest BCUT2D eigenvalue weighted by atomic mass is 35.5. The Bertz CT molecular complexity index is 533. The summed E-state index contributed by atoms with van der Waals surface area (Å²) in [5.41, 5.74) is 6.02. The minimum Gasteiger partial charge on any atom is -0.325 e. The third-order valence-electron chi connectivity index (χ3n) is 2.08. The monoisotopic (exact) mass is 208 g/mol. The Morgan fingerprint density at radius 2 is 2.14 bits per heavy atom. The molecule has 1 heterocycles. The lowest BCUT2D eigenvalue weighted by Gasteiger charge is -2.01. The Hall–Kier alpha value is -1.32. The van der Waals surface area contributed by atoms with E-state index in [2.05, 4.69) is 4.98 Å². The Morgan fingerprint density at radius 1 is 1.36 bits per heavy atom. The van der Waals surface area contributed by atoms with Crippen LogP contribution in [-0.2, 0) is 6.54 Å². The van der Waals surface area contributed by atoms with Gasteiger partial charge in [0.05, 0.1) is 0 Å². The molecule has 4 heteroatoms. The number of nitrogens with two attached hydrogens (primary N) is 1. The number of pyridine rings is 1. The van der Waals surface area contributed by atoms with E-state index in [-0.39, 0.29) is 5.56 Å². The number of nitrogens with one attached hydrogen (secondary N) is 1. The smallest absolute Gasteiger partial charge is 0.256 e. The number of rotatable bonds is 1. The van der Waals surface area contributed by atoms with Gasteiger partial charge >= 0.3 is 0 Å². The minimum absolute atomic E-state index is 0.148. The van der Waals surface area contributed by atoms with Crippen molar-refractivity contribution in [3.05, 3.63) is 45.3 Å². The molecule has 0 unspecified atom stereocenters. The van der Waals surface area contributed by atoms with E-state index in [1.165, 1.54) is 0 Å². The third-order valence-corrected chi connectivity index (χ3v) is 2.32. The normalized spacial score (nSPS) is 10.7. The highest BCUT2D eigenvalue weighted by molar-refractivity contribution is 6.31. The van der Waals surface area contributed by atoms with Crippen LogP contribution >= 0.6 is 11.6 Å². The van der Waals surface area contributed by atoms with Crippen LogP contribution in [0.4, 0.5) is 0 Å². The quantitative estimate of drug-likeness (QED) is 0.749. The average molecular weight is 209 g/mol. The molecule has 0 aliphatic heterocycles. The van der Waals surface area contributed by atoms with Gasteiger partial charge in [0.15, 0.2) is 0 Å². The zero-order chi connectivity index (χ0) is 10.1. The molecule has 1 aromatic heterocycles. The van der Waals surface area contributed by atoms with Crippen molar-refractivity contribution < 1.29 is 0 Å². The van der Waals surface area contributed by atoms with E-state index in [0.29, 0.717) is 17.0 Å². The molecule has 14 heavy (non-hydrogen) atoms. The number of halogens is 1. The number of hydrogen-bond donors (Lipinski definition) is 2. The molecule has 2 rings (SSSR count). The second-order valence-electron chi connectivity index (χ2n) is 3.06. The SMILES string of the molecule is NCc1cc2ccc(Cl)cc2c(=O)[nH]1. The number of benzene rings is 1. The van der Waals surface area contributed by atoms with E-state index in [9.17, 15) is 4.79 Å². The fourth-order valence-electron chi connectivity index (χ4n) is 1.40. The van der Waals surface area contributed by atoms with Crippen molar-refractivity contribution in [1.82, 2.24) is 4.98 Å². The summed E-state index contributed by atoms with van der Waals surface area (Å²) in [4.78, 5) is 14.2. The van der Waals surface area contributed by atoms with Crippen LogP contribution in [0.1, 0.15) is 5.69 Å². The Balaban J connectivity index is 2.83. The lowest BCUT2D eigenvalue weighted by Crippen LogP contribution is -2.11. The molecule has 0 fully saturated rings. The van der Waals surface area contributed by atoms with Crippen LogP contribution in [0.15, 0.2) is 29.1 Å². The zero-order valence-corrected chi connectivity index (χ0v) is 8.14. The van der Waals surface area contributed by atoms with Crippen molar-refractivity contribution in [2.75, 3.05) is 0 Å². The van der Waals surface area contributed by atoms with Gasteiger partial charge in [-0.25, -0.2) is 0 Å². The van der Waals surface area contributed by atoms with E-state index in [4.69, 9.17) is 17.3 Å². The Morgan fingerprint density at radius 3 is 2.86 bits per heavy atom. The molecule has 0 aliphatic rings. The summed E-state index contributed by atoms with van der Waals surface area (Å²) in [6, 6.07) is 7.07. The van der Waals surface area contributed by atoms with Gasteiger partial charge in [0, 0.05) is 22.6 Å². The van der Waals surface area contributed by atoms with E-state index in [1.807, 2.05) is 12.1 Å². The van der Waals surface area contributed by atoms with Gasteiger partial charge in [-0.2, -0.15) is 0 Å². The van der Waals surface area contributed by atoms with Gasteiger partial charge in [-0.3, -0.25) is 4.79 Å². The van der Waals surface area contributed by atoms with Crippen LogP contribution in [-0.4, -0.2) is 4.98 Å². The van der Waals surface area contributed by atoms with Gasteiger partial charge < -0.3 is 10.7 Å². The molecular weight excluding hydrogens is 200 g/mol. The number of aromatic nitrogens is 1. The second kappa shape index (κ2) is 3.44. The molecule has 0 atom stereocenters. The second-order valence-corrected chi connectivity index (χ2v) is 3.50. The van der Waals surface area contributed by atoms with Crippen molar-refractivity contribution in [3.8, 4) is 0 Å². The molecule has 2 aromatic rings. The van der Waals surface area contributed by atoms with Gasteiger partial charge in [0.2, 0.25) is 0 Å². The van der Waals surface area contributed by atoms with Crippen LogP contribution in [0, 0.1) is 0 Å². The summed E-state index contributed by atoms with van der Waals surface area (Å²) in [6.07, 6.45) is 0. The summed E-state index contributed by atoms with van der Waals surface area (Å²) in [5, 5.41) is 2.01. The summed E-state index contributed by atoms with van der Waals surface area (Å²) in [5.74, 6) is 0. The first kappa shape index (κ1) is 9.24. The number of fused-ring (bicyclic) bond motifs is 1. The van der Waals surface area contributed by atoms with Gasteiger partial charge in [-0.05, 0) is 23.6 Å². The number of hydrogen-bond acceptors (Lipinski definition) is 2. The minimum atomic E-state index is -0.148. The largest absolute Gasteiger partial charge is 0.325 e. The van der Waals surface area contributed by atoms with Crippen molar-refractivity contribution in [3.63, 3.8) is 0 Å². The van der Waals surface area contributed by atoms with Gasteiger partial charge in [0.1, 0.15) is 0 Å². The molecule has 0 saturated carbocycles. The molecule has 0 radical (unpaired) electrons. The lowest BCUT2D eigenvalue weighted by molar-refractivity contribution is 0.983. The van der Waals surface area contributed by atoms with Crippen LogP contribution in [0.2, 0.25) is 5.02 Å². The fraction of sp³-hybridized carbons (Fsp3) is 0.100. The topological polar surface area (TPSA) is 58.9 Å². The van der Waals surface area contributed by atoms with Crippen LogP contribution in [0.3, 0.4) is 0 Å². The molecule has 0 aliphatic carbocycles. The summed E-state index contributed by atoms with van der Waals surface area (Å²) in [6.45, 7) is 0.327. The zero-order valence-electron chi connectivity index (χ0n) is 7.38. The maximum atomic E-state index is 11.5. The van der Waals surface area contributed by atoms with Gasteiger partial charge in [0.25, 0.3) is 5.56 Å². The van der Waals surface area contributed by atoms with Crippen LogP contribution in [0.5, 0.6) is 0 Å². The first-order valence-electron chi connectivity index (χ1n) is 4.22. The number of aromatic amines is 1. The molecule has 0 saturated heterocycles. The standard InChI is InChI=1S/C10H9ClN2O/c11-7-2-1-6-3-8(5-12)13-10(14)9(6)4-7/h1-4H,5,12H2,(H,13,14). The molecular formula is C10H9ClN2O. The maximum absolute atomic E-state index is 11.5. The molecule has 3 nitrogen and oxygen atoms in total. The Labute approximate surface area is 85.5 Å². The van der Waals surface area contributed by atoms with Gasteiger partial charge in [-0.1, -0.05) is 17.7 Å². The molecule has 3 N–H and O–H groups in total. The molecule has 72 valence electrons. The molecule has 0 spiro atoms. The predicted octanol–water partition coefficient (Wildman–Crippen LogP) is 1.64. The van der Waals surface area contributed by atoms with Crippen LogP contribution in [0.25, 0.3) is 10.8 Å². The first-order chi connectivity index (χ1) is 6.70. The third kappa shape index (κ3) is 1.52. The molecule has 0 amide bonds. The highest BCUT2D eigenvalue weighted by Crippen LogP contribution is 2.16. The van der Waals surface area contributed by atoms with Crippen molar-refractivity contribution in [1.29, 1.82) is 0 Å². The van der Waals surface area contributed by atoms with E-state index >= 15 is 0 Å². The summed E-state index contributed by atoms with van der Waals surface area (Å²) in [7, 11) is 0. The van der Waals surface area contributed by atoms with Crippen LogP contribution < -0.4 is 11.3 Å². The average Bonchev–Trinajstić information content (AvgIpc) is 2.19. The predicted molar refractivity (Wildman–Crippen MR) is 57.5 cm³/mol. The van der Waals surface area contributed by atoms with Crippen molar-refractivity contribution in [2.45, 2.75) is 6.54 Å². The van der Waals surface area contributed by atoms with Gasteiger partial charge in [-0.15, -0.1) is 0 Å². The Kier molecular flexibility index (Phi) is 2.27. The summed E-state index contributed by atoms with van der Waals surface area (Å²) < 4.78 is 0. The summed E-state index contributed by atoms with van der Waals surface area (Å²) >= 11 is 5.79. The highest BCUT2D eigenvalue weighted by Gasteiger charge is 2.01. The van der Waals surface area contributed by atoms with E-state index in [0.717, 1.165) is 11.1 Å². The lowest BCUT2D eigenvalue weighted by atomic mass is 10.1. The first-order valence-corrected chi connectivity index (χ1v) is 4.60.